The van der Waals surface area contributed by atoms with Crippen LogP contribution in [0.1, 0.15) is 41.1 Å². The lowest BCUT2D eigenvalue weighted by molar-refractivity contribution is -0.121. The second-order valence-electron chi connectivity index (χ2n) is 5.87. The highest BCUT2D eigenvalue weighted by molar-refractivity contribution is 5.79. The standard InChI is InChI=1S/C19H21NO/c1-14-9-11-15(12-10-14)13-19(21)20-18-8-4-6-16-5-2-3-7-17(16)18/h2-3,5,7,9-12,18H,4,6,8,13H2,1H3,(H,20,21). The van der Waals surface area contributed by atoms with Crippen LogP contribution >= 0.6 is 0 Å². The number of fused-ring (bicyclic) bond motifs is 1. The highest BCUT2D eigenvalue weighted by Gasteiger charge is 2.21. The molecular formula is C19H21NO. The number of nitrogens with one attached hydrogen (secondary N) is 1. The molecule has 2 aromatic rings. The monoisotopic (exact) mass is 279 g/mol. The number of carbonyl (C=O) groups excluding carboxylic acids is 1. The maximum absolute atomic E-state index is 12.3. The largest absolute Gasteiger partial charge is 0.349 e. The fourth-order valence-electron chi connectivity index (χ4n) is 3.04. The van der Waals surface area contributed by atoms with E-state index >= 15 is 0 Å². The van der Waals surface area contributed by atoms with Crippen molar-refractivity contribution in [3.8, 4) is 0 Å². The van der Waals surface area contributed by atoms with Gasteiger partial charge in [0.2, 0.25) is 5.91 Å². The Labute approximate surface area is 126 Å². The molecule has 0 spiro atoms. The van der Waals surface area contributed by atoms with Crippen LogP contribution in [0.15, 0.2) is 48.5 Å². The smallest absolute Gasteiger partial charge is 0.224 e. The van der Waals surface area contributed by atoms with E-state index in [1.807, 2.05) is 12.1 Å². The lowest BCUT2D eigenvalue weighted by Gasteiger charge is -2.26. The molecule has 1 aliphatic carbocycles. The quantitative estimate of drug-likeness (QED) is 0.911. The van der Waals surface area contributed by atoms with Gasteiger partial charge in [0.05, 0.1) is 12.5 Å². The van der Waals surface area contributed by atoms with Gasteiger partial charge >= 0.3 is 0 Å². The Morgan fingerprint density at radius 2 is 1.90 bits per heavy atom. The first-order valence-corrected chi connectivity index (χ1v) is 7.65. The molecule has 0 fully saturated rings. The third-order valence-corrected chi connectivity index (χ3v) is 4.19. The molecule has 0 aliphatic heterocycles. The Morgan fingerprint density at radius 3 is 2.71 bits per heavy atom. The first-order valence-electron chi connectivity index (χ1n) is 7.65. The van der Waals surface area contributed by atoms with E-state index in [-0.39, 0.29) is 11.9 Å². The number of hydrogen-bond donors (Lipinski definition) is 1. The summed E-state index contributed by atoms with van der Waals surface area (Å²) >= 11 is 0. The van der Waals surface area contributed by atoms with Crippen LogP contribution in [0, 0.1) is 6.92 Å². The van der Waals surface area contributed by atoms with Crippen molar-refractivity contribution in [1.29, 1.82) is 0 Å². The second kappa shape index (κ2) is 6.13. The van der Waals surface area contributed by atoms with Gasteiger partial charge in [-0.25, -0.2) is 0 Å². The molecule has 3 rings (SSSR count). The van der Waals surface area contributed by atoms with Crippen molar-refractivity contribution in [2.45, 2.75) is 38.6 Å². The maximum Gasteiger partial charge on any atom is 0.224 e. The van der Waals surface area contributed by atoms with Gasteiger partial charge in [0, 0.05) is 0 Å². The van der Waals surface area contributed by atoms with Gasteiger partial charge in [-0.05, 0) is 42.9 Å². The molecule has 1 aliphatic rings. The third-order valence-electron chi connectivity index (χ3n) is 4.19. The molecule has 21 heavy (non-hydrogen) atoms. The van der Waals surface area contributed by atoms with Gasteiger partial charge in [-0.15, -0.1) is 0 Å². The molecule has 0 radical (unpaired) electrons. The van der Waals surface area contributed by atoms with E-state index in [4.69, 9.17) is 0 Å². The maximum atomic E-state index is 12.3. The average Bonchev–Trinajstić information content (AvgIpc) is 2.50. The van der Waals surface area contributed by atoms with E-state index in [1.54, 1.807) is 0 Å². The highest BCUT2D eigenvalue weighted by Crippen LogP contribution is 2.29. The molecule has 0 aromatic heterocycles. The van der Waals surface area contributed by atoms with Crippen molar-refractivity contribution in [2.75, 3.05) is 0 Å². The summed E-state index contributed by atoms with van der Waals surface area (Å²) in [5.74, 6) is 0.112. The van der Waals surface area contributed by atoms with Crippen LogP contribution in [0.25, 0.3) is 0 Å². The van der Waals surface area contributed by atoms with Crippen LogP contribution in [0.3, 0.4) is 0 Å². The van der Waals surface area contributed by atoms with Crippen molar-refractivity contribution >= 4 is 5.91 Å². The van der Waals surface area contributed by atoms with Crippen molar-refractivity contribution in [1.82, 2.24) is 5.32 Å². The third kappa shape index (κ3) is 3.33. The van der Waals surface area contributed by atoms with Gasteiger partial charge < -0.3 is 5.32 Å². The topological polar surface area (TPSA) is 29.1 Å². The lowest BCUT2D eigenvalue weighted by atomic mass is 9.87. The van der Waals surface area contributed by atoms with E-state index < -0.39 is 0 Å². The zero-order valence-electron chi connectivity index (χ0n) is 12.4. The zero-order chi connectivity index (χ0) is 14.7. The number of carbonyl (C=O) groups is 1. The minimum absolute atomic E-state index is 0.112. The summed E-state index contributed by atoms with van der Waals surface area (Å²) in [6.45, 7) is 2.06. The molecule has 1 amide bonds. The summed E-state index contributed by atoms with van der Waals surface area (Å²) in [5, 5.41) is 3.20. The number of benzene rings is 2. The lowest BCUT2D eigenvalue weighted by Crippen LogP contribution is -2.32. The van der Waals surface area contributed by atoms with Gasteiger partial charge in [-0.1, -0.05) is 54.1 Å². The molecule has 2 nitrogen and oxygen atoms in total. The number of rotatable bonds is 3. The Hall–Kier alpha value is -2.09. The van der Waals surface area contributed by atoms with Crippen LogP contribution in [-0.2, 0) is 17.6 Å². The van der Waals surface area contributed by atoms with Gasteiger partial charge in [0.15, 0.2) is 0 Å². The van der Waals surface area contributed by atoms with Gasteiger partial charge in [-0.2, -0.15) is 0 Å². The molecule has 1 unspecified atom stereocenters. The summed E-state index contributed by atoms with van der Waals surface area (Å²) < 4.78 is 0. The number of amides is 1. The van der Waals surface area contributed by atoms with Crippen LogP contribution in [-0.4, -0.2) is 5.91 Å². The predicted octanol–water partition coefficient (Wildman–Crippen LogP) is 3.73. The van der Waals surface area contributed by atoms with Gasteiger partial charge in [0.25, 0.3) is 0 Å². The Balaban J connectivity index is 1.67. The summed E-state index contributed by atoms with van der Waals surface area (Å²) in [6.07, 6.45) is 3.77. The molecule has 1 N–H and O–H groups in total. The van der Waals surface area contributed by atoms with Crippen molar-refractivity contribution in [3.05, 3.63) is 70.8 Å². The fraction of sp³-hybridized carbons (Fsp3) is 0.316. The van der Waals surface area contributed by atoms with E-state index in [1.165, 1.54) is 16.7 Å². The predicted molar refractivity (Wildman–Crippen MR) is 85.1 cm³/mol. The summed E-state index contributed by atoms with van der Waals surface area (Å²) in [4.78, 5) is 12.3. The van der Waals surface area contributed by atoms with Crippen molar-refractivity contribution in [2.24, 2.45) is 0 Å². The first-order chi connectivity index (χ1) is 10.2. The molecule has 0 heterocycles. The summed E-state index contributed by atoms with van der Waals surface area (Å²) in [7, 11) is 0. The van der Waals surface area contributed by atoms with E-state index in [9.17, 15) is 4.79 Å². The van der Waals surface area contributed by atoms with Crippen LogP contribution in [0.5, 0.6) is 0 Å². The van der Waals surface area contributed by atoms with E-state index in [0.717, 1.165) is 24.8 Å². The SMILES string of the molecule is Cc1ccc(CC(=O)NC2CCCc3ccccc32)cc1. The Bertz CT molecular complexity index is 630. The highest BCUT2D eigenvalue weighted by atomic mass is 16.1. The second-order valence-corrected chi connectivity index (χ2v) is 5.87. The van der Waals surface area contributed by atoms with Gasteiger partial charge in [-0.3, -0.25) is 4.79 Å². The number of aryl methyl sites for hydroxylation is 2. The minimum Gasteiger partial charge on any atom is -0.349 e. The molecule has 2 aromatic carbocycles. The van der Waals surface area contributed by atoms with E-state index in [2.05, 4.69) is 48.6 Å². The molecule has 0 bridgehead atoms. The van der Waals surface area contributed by atoms with Crippen molar-refractivity contribution in [3.63, 3.8) is 0 Å². The normalized spacial score (nSPS) is 17.1. The van der Waals surface area contributed by atoms with E-state index in [0.29, 0.717) is 6.42 Å². The van der Waals surface area contributed by atoms with Crippen molar-refractivity contribution < 1.29 is 4.79 Å². The average molecular weight is 279 g/mol. The number of hydrogen-bond acceptors (Lipinski definition) is 1. The molecule has 1 atom stereocenters. The summed E-state index contributed by atoms with van der Waals surface area (Å²) in [6, 6.07) is 16.8. The fourth-order valence-corrected chi connectivity index (χ4v) is 3.04. The van der Waals surface area contributed by atoms with Crippen LogP contribution in [0.2, 0.25) is 0 Å². The Kier molecular flexibility index (Phi) is 4.05. The molecule has 108 valence electrons. The first kappa shape index (κ1) is 13.9. The molecule has 0 saturated heterocycles. The van der Waals surface area contributed by atoms with Crippen LogP contribution in [0.4, 0.5) is 0 Å². The molecule has 2 heteroatoms. The Morgan fingerprint density at radius 1 is 1.14 bits per heavy atom. The van der Waals surface area contributed by atoms with Crippen LogP contribution < -0.4 is 5.32 Å². The summed E-state index contributed by atoms with van der Waals surface area (Å²) in [5.41, 5.74) is 4.97. The minimum atomic E-state index is 0.112. The molecule has 0 saturated carbocycles. The molecular weight excluding hydrogens is 258 g/mol. The van der Waals surface area contributed by atoms with Gasteiger partial charge in [0.1, 0.15) is 0 Å². The zero-order valence-corrected chi connectivity index (χ0v) is 12.4.